The number of nitrogens with zero attached hydrogens (tertiary/aromatic N) is 4. The fraction of sp³-hybridized carbons (Fsp3) is 0.297. The first kappa shape index (κ1) is 30.1. The summed E-state index contributed by atoms with van der Waals surface area (Å²) in [6, 6.07) is 23.7. The van der Waals surface area contributed by atoms with Crippen molar-refractivity contribution in [2.24, 2.45) is 5.10 Å². The molecule has 45 heavy (non-hydrogen) atoms. The number of hydrazone groups is 1. The highest BCUT2D eigenvalue weighted by molar-refractivity contribution is 6.03. The van der Waals surface area contributed by atoms with E-state index in [-0.39, 0.29) is 11.7 Å². The Labute approximate surface area is 265 Å². The average molecular weight is 605 g/mol. The number of rotatable bonds is 9. The third kappa shape index (κ3) is 4.67. The first-order valence-electron chi connectivity index (χ1n) is 15.6. The normalized spacial score (nSPS) is 14.3. The SMILES string of the molecule is CCN(CC)c1ccc2c(c1)Oc1cc(N(CC)CC)ccc1C21c2ccccc2C(=O)N1/N=C/c1cc(C)cc(OC)c1O. The Morgan fingerprint density at radius 3 is 1.98 bits per heavy atom. The first-order chi connectivity index (χ1) is 21.8. The number of fused-ring (bicyclic) bond motifs is 6. The van der Waals surface area contributed by atoms with Crippen molar-refractivity contribution in [1.82, 2.24) is 5.01 Å². The number of carbonyl (C=O) groups is 1. The van der Waals surface area contributed by atoms with Crippen molar-refractivity contribution in [3.05, 3.63) is 106 Å². The lowest BCUT2D eigenvalue weighted by atomic mass is 9.75. The Bertz CT molecular complexity index is 1730. The Balaban J connectivity index is 1.64. The molecule has 0 saturated carbocycles. The number of anilines is 2. The molecule has 0 aliphatic carbocycles. The van der Waals surface area contributed by atoms with Gasteiger partial charge < -0.3 is 24.4 Å². The minimum absolute atomic E-state index is 0.0365. The molecule has 0 fully saturated rings. The second-order valence-corrected chi connectivity index (χ2v) is 11.3. The largest absolute Gasteiger partial charge is 0.504 e. The fourth-order valence-corrected chi connectivity index (χ4v) is 6.79. The molecule has 0 radical (unpaired) electrons. The Hall–Kier alpha value is -4.98. The van der Waals surface area contributed by atoms with E-state index in [0.29, 0.717) is 28.4 Å². The molecule has 6 rings (SSSR count). The summed E-state index contributed by atoms with van der Waals surface area (Å²) < 4.78 is 12.1. The summed E-state index contributed by atoms with van der Waals surface area (Å²) in [6.07, 6.45) is 1.54. The smallest absolute Gasteiger partial charge is 0.275 e. The Kier molecular flexibility index (Phi) is 7.91. The first-order valence-corrected chi connectivity index (χ1v) is 15.6. The maximum atomic E-state index is 14.4. The topological polar surface area (TPSA) is 77.8 Å². The van der Waals surface area contributed by atoms with Crippen LogP contribution in [0.15, 0.2) is 77.9 Å². The van der Waals surface area contributed by atoms with Crippen molar-refractivity contribution in [1.29, 1.82) is 0 Å². The van der Waals surface area contributed by atoms with Crippen LogP contribution in [-0.2, 0) is 5.54 Å². The maximum Gasteiger partial charge on any atom is 0.275 e. The van der Waals surface area contributed by atoms with Crippen LogP contribution in [0.3, 0.4) is 0 Å². The molecule has 0 atom stereocenters. The van der Waals surface area contributed by atoms with Crippen LogP contribution in [0, 0.1) is 6.92 Å². The molecule has 4 aromatic carbocycles. The molecule has 1 N–H and O–H groups in total. The molecule has 0 bridgehead atoms. The lowest BCUT2D eigenvalue weighted by Crippen LogP contribution is -2.44. The van der Waals surface area contributed by atoms with Crippen molar-refractivity contribution >= 4 is 23.5 Å². The van der Waals surface area contributed by atoms with Gasteiger partial charge in [0.1, 0.15) is 17.0 Å². The molecular weight excluding hydrogens is 564 g/mol. The van der Waals surface area contributed by atoms with Crippen LogP contribution in [0.25, 0.3) is 0 Å². The summed E-state index contributed by atoms with van der Waals surface area (Å²) in [5.41, 5.74) is 5.36. The summed E-state index contributed by atoms with van der Waals surface area (Å²) in [5, 5.41) is 17.4. The minimum Gasteiger partial charge on any atom is -0.504 e. The third-order valence-corrected chi connectivity index (χ3v) is 9.03. The lowest BCUT2D eigenvalue weighted by Gasteiger charge is -2.42. The number of ether oxygens (including phenoxy) is 2. The van der Waals surface area contributed by atoms with E-state index in [2.05, 4.69) is 73.9 Å². The number of carbonyl (C=O) groups excluding carboxylic acids is 1. The van der Waals surface area contributed by atoms with E-state index >= 15 is 0 Å². The van der Waals surface area contributed by atoms with Crippen LogP contribution >= 0.6 is 0 Å². The van der Waals surface area contributed by atoms with Crippen LogP contribution in [0.2, 0.25) is 0 Å². The van der Waals surface area contributed by atoms with Crippen LogP contribution in [0.4, 0.5) is 11.4 Å². The number of benzene rings is 4. The van der Waals surface area contributed by atoms with Crippen molar-refractivity contribution in [2.75, 3.05) is 43.1 Å². The fourth-order valence-electron chi connectivity index (χ4n) is 6.79. The predicted molar refractivity (Wildman–Crippen MR) is 180 cm³/mol. The summed E-state index contributed by atoms with van der Waals surface area (Å²) in [7, 11) is 1.51. The summed E-state index contributed by atoms with van der Waals surface area (Å²) in [6.45, 7) is 13.9. The van der Waals surface area contributed by atoms with E-state index in [9.17, 15) is 9.90 Å². The summed E-state index contributed by atoms with van der Waals surface area (Å²) in [4.78, 5) is 18.9. The Morgan fingerprint density at radius 1 is 0.844 bits per heavy atom. The molecule has 2 aliphatic rings. The van der Waals surface area contributed by atoms with Gasteiger partial charge in [0.2, 0.25) is 0 Å². The summed E-state index contributed by atoms with van der Waals surface area (Å²) in [5.74, 6) is 1.42. The van der Waals surface area contributed by atoms with Gasteiger partial charge in [-0.15, -0.1) is 0 Å². The number of aromatic hydroxyl groups is 1. The molecule has 1 amide bonds. The Morgan fingerprint density at radius 2 is 1.42 bits per heavy atom. The third-order valence-electron chi connectivity index (χ3n) is 9.03. The molecule has 8 nitrogen and oxygen atoms in total. The van der Waals surface area contributed by atoms with E-state index in [0.717, 1.165) is 59.8 Å². The molecule has 0 unspecified atom stereocenters. The average Bonchev–Trinajstić information content (AvgIpc) is 3.30. The van der Waals surface area contributed by atoms with Crippen LogP contribution in [0.5, 0.6) is 23.0 Å². The molecule has 232 valence electrons. The molecule has 0 saturated heterocycles. The highest BCUT2D eigenvalue weighted by Crippen LogP contribution is 2.58. The van der Waals surface area contributed by atoms with Crippen LogP contribution in [-0.4, -0.2) is 55.5 Å². The molecule has 8 heteroatoms. The number of methoxy groups -OCH3 is 1. The number of hydrogen-bond acceptors (Lipinski definition) is 7. The van der Waals surface area contributed by atoms with Gasteiger partial charge in [-0.2, -0.15) is 5.10 Å². The van der Waals surface area contributed by atoms with Gasteiger partial charge in [0.05, 0.1) is 13.3 Å². The lowest BCUT2D eigenvalue weighted by molar-refractivity contribution is 0.0675. The van der Waals surface area contributed by atoms with E-state index < -0.39 is 5.54 Å². The second kappa shape index (κ2) is 11.8. The number of phenolic OH excluding ortho intramolecular Hbond substituents is 1. The van der Waals surface area contributed by atoms with Gasteiger partial charge in [0.25, 0.3) is 5.91 Å². The maximum absolute atomic E-state index is 14.4. The van der Waals surface area contributed by atoms with Gasteiger partial charge >= 0.3 is 0 Å². The van der Waals surface area contributed by atoms with Crippen molar-refractivity contribution < 1.29 is 19.4 Å². The molecule has 4 aromatic rings. The number of phenols is 1. The highest BCUT2D eigenvalue weighted by Gasteiger charge is 2.57. The van der Waals surface area contributed by atoms with Gasteiger partial charge in [-0.3, -0.25) is 4.79 Å². The van der Waals surface area contributed by atoms with Crippen molar-refractivity contribution in [3.63, 3.8) is 0 Å². The van der Waals surface area contributed by atoms with Gasteiger partial charge in [-0.25, -0.2) is 5.01 Å². The van der Waals surface area contributed by atoms with E-state index in [1.165, 1.54) is 7.11 Å². The monoisotopic (exact) mass is 604 g/mol. The van der Waals surface area contributed by atoms with E-state index in [4.69, 9.17) is 14.6 Å². The van der Waals surface area contributed by atoms with Crippen molar-refractivity contribution in [3.8, 4) is 23.0 Å². The second-order valence-electron chi connectivity index (χ2n) is 11.3. The number of hydrogen-bond donors (Lipinski definition) is 1. The quantitative estimate of drug-likeness (QED) is 0.202. The summed E-state index contributed by atoms with van der Waals surface area (Å²) >= 11 is 0. The van der Waals surface area contributed by atoms with Gasteiger partial charge in [-0.1, -0.05) is 30.3 Å². The van der Waals surface area contributed by atoms with Gasteiger partial charge in [-0.05, 0) is 70.5 Å². The number of amides is 1. The van der Waals surface area contributed by atoms with Crippen molar-refractivity contribution in [2.45, 2.75) is 40.2 Å². The standard InChI is InChI=1S/C37H40N4O4/c1-7-39(8-2)26-15-17-30-32(21-26)45-33-22-27(40(9-3)10-4)16-18-31(33)37(30)29-14-12-11-13-28(29)36(43)41(37)38-23-25-19-24(5)20-34(44-6)35(25)42/h11-23,42H,7-10H2,1-6H3/b38-23+. The molecular formula is C37H40N4O4. The molecule has 1 spiro atoms. The van der Waals surface area contributed by atoms with Crippen LogP contribution in [0.1, 0.15) is 65.9 Å². The van der Waals surface area contributed by atoms with Gasteiger partial charge in [0.15, 0.2) is 11.5 Å². The minimum atomic E-state index is -1.11. The molecule has 0 aromatic heterocycles. The number of aryl methyl sites for hydroxylation is 1. The predicted octanol–water partition coefficient (Wildman–Crippen LogP) is 7.29. The highest BCUT2D eigenvalue weighted by atomic mass is 16.5. The van der Waals surface area contributed by atoms with Crippen LogP contribution < -0.4 is 19.3 Å². The zero-order valence-electron chi connectivity index (χ0n) is 26.8. The molecule has 2 aliphatic heterocycles. The molecule has 2 heterocycles. The van der Waals surface area contributed by atoms with E-state index in [1.54, 1.807) is 17.3 Å². The zero-order valence-corrected chi connectivity index (χ0v) is 26.8. The zero-order chi connectivity index (χ0) is 31.9. The van der Waals surface area contributed by atoms with Gasteiger partial charge in [0, 0.05) is 77.5 Å². The van der Waals surface area contributed by atoms with E-state index in [1.807, 2.05) is 37.3 Å².